The Hall–Kier alpha value is -1.12. The first-order valence-electron chi connectivity index (χ1n) is 4.44. The van der Waals surface area contributed by atoms with E-state index in [-0.39, 0.29) is 6.04 Å². The molecule has 2 heteroatoms. The van der Waals surface area contributed by atoms with Gasteiger partial charge in [0.15, 0.2) is 0 Å². The molecule has 2 atom stereocenters. The number of benzene rings is 1. The van der Waals surface area contributed by atoms with Gasteiger partial charge in [0, 0.05) is 0 Å². The fraction of sp³-hybridized carbons (Fsp3) is 0.273. The van der Waals surface area contributed by atoms with Crippen molar-refractivity contribution in [1.29, 1.82) is 0 Å². The van der Waals surface area contributed by atoms with Gasteiger partial charge in [-0.2, -0.15) is 0 Å². The molecule has 0 saturated heterocycles. The Morgan fingerprint density at radius 3 is 2.77 bits per heavy atom. The van der Waals surface area contributed by atoms with Gasteiger partial charge in [-0.15, -0.1) is 0 Å². The van der Waals surface area contributed by atoms with Crippen LogP contribution < -0.4 is 11.5 Å². The Balaban J connectivity index is 2.55. The summed E-state index contributed by atoms with van der Waals surface area (Å²) in [7, 11) is 0. The van der Waals surface area contributed by atoms with E-state index in [4.69, 9.17) is 11.5 Å². The van der Waals surface area contributed by atoms with Gasteiger partial charge in [0.05, 0.1) is 11.6 Å². The van der Waals surface area contributed by atoms with Crippen molar-refractivity contribution in [2.75, 3.05) is 0 Å². The molecule has 0 heterocycles. The summed E-state index contributed by atoms with van der Waals surface area (Å²) in [6.07, 6.45) is 4.01. The minimum absolute atomic E-state index is 0.103. The minimum Gasteiger partial charge on any atom is -0.322 e. The second-order valence-corrected chi connectivity index (χ2v) is 3.81. The van der Waals surface area contributed by atoms with Crippen molar-refractivity contribution < 1.29 is 0 Å². The van der Waals surface area contributed by atoms with Crippen LogP contribution in [-0.4, -0.2) is 5.54 Å². The van der Waals surface area contributed by atoms with Gasteiger partial charge in [-0.25, -0.2) is 0 Å². The zero-order chi connectivity index (χ0) is 9.47. The van der Waals surface area contributed by atoms with Gasteiger partial charge in [0.2, 0.25) is 0 Å². The maximum atomic E-state index is 6.05. The van der Waals surface area contributed by atoms with E-state index in [1.165, 1.54) is 5.56 Å². The van der Waals surface area contributed by atoms with Crippen LogP contribution in [0.2, 0.25) is 0 Å². The summed E-state index contributed by atoms with van der Waals surface area (Å²) in [5.41, 5.74) is 14.0. The average molecular weight is 174 g/mol. The minimum atomic E-state index is -0.422. The van der Waals surface area contributed by atoms with E-state index in [0.29, 0.717) is 0 Å². The van der Waals surface area contributed by atoms with Crippen LogP contribution in [-0.2, 0) is 0 Å². The zero-order valence-electron chi connectivity index (χ0n) is 7.70. The highest BCUT2D eigenvalue weighted by atomic mass is 14.8. The highest BCUT2D eigenvalue weighted by molar-refractivity contribution is 5.60. The van der Waals surface area contributed by atoms with Crippen molar-refractivity contribution in [2.24, 2.45) is 11.5 Å². The van der Waals surface area contributed by atoms with Crippen molar-refractivity contribution in [2.45, 2.75) is 18.5 Å². The van der Waals surface area contributed by atoms with Gasteiger partial charge < -0.3 is 11.5 Å². The van der Waals surface area contributed by atoms with E-state index in [9.17, 15) is 0 Å². The molecule has 0 fully saturated rings. The third kappa shape index (κ3) is 1.28. The molecule has 0 aromatic heterocycles. The molecule has 0 bridgehead atoms. The Kier molecular flexibility index (Phi) is 1.75. The van der Waals surface area contributed by atoms with Crippen LogP contribution in [0, 0.1) is 0 Å². The zero-order valence-corrected chi connectivity index (χ0v) is 7.70. The van der Waals surface area contributed by atoms with Crippen LogP contribution in [0.25, 0.3) is 6.08 Å². The van der Waals surface area contributed by atoms with Gasteiger partial charge >= 0.3 is 0 Å². The molecule has 68 valence electrons. The van der Waals surface area contributed by atoms with Crippen LogP contribution in [0.4, 0.5) is 0 Å². The van der Waals surface area contributed by atoms with E-state index in [1.54, 1.807) is 0 Å². The molecular weight excluding hydrogens is 160 g/mol. The summed E-state index contributed by atoms with van der Waals surface area (Å²) in [6.45, 7) is 1.95. The van der Waals surface area contributed by atoms with Crippen LogP contribution in [0.15, 0.2) is 30.3 Å². The van der Waals surface area contributed by atoms with Crippen LogP contribution >= 0.6 is 0 Å². The molecule has 13 heavy (non-hydrogen) atoms. The lowest BCUT2D eigenvalue weighted by Crippen LogP contribution is -2.46. The van der Waals surface area contributed by atoms with Gasteiger partial charge in [0.25, 0.3) is 0 Å². The molecule has 2 unspecified atom stereocenters. The molecule has 1 aliphatic carbocycles. The number of nitrogens with two attached hydrogens (primary N) is 2. The van der Waals surface area contributed by atoms with Crippen molar-refractivity contribution in [3.8, 4) is 0 Å². The maximum Gasteiger partial charge on any atom is 0.0517 e. The smallest absolute Gasteiger partial charge is 0.0517 e. The monoisotopic (exact) mass is 174 g/mol. The van der Waals surface area contributed by atoms with Gasteiger partial charge in [0.1, 0.15) is 0 Å². The van der Waals surface area contributed by atoms with Crippen LogP contribution in [0.5, 0.6) is 0 Å². The molecule has 0 aliphatic heterocycles. The average Bonchev–Trinajstić information content (AvgIpc) is 2.13. The summed E-state index contributed by atoms with van der Waals surface area (Å²) >= 11 is 0. The second-order valence-electron chi connectivity index (χ2n) is 3.81. The van der Waals surface area contributed by atoms with E-state index in [2.05, 4.69) is 6.07 Å². The van der Waals surface area contributed by atoms with E-state index in [1.807, 2.05) is 37.3 Å². The normalized spacial score (nSPS) is 31.5. The highest BCUT2D eigenvalue weighted by Gasteiger charge is 2.29. The maximum absolute atomic E-state index is 6.05. The molecule has 0 amide bonds. The van der Waals surface area contributed by atoms with Gasteiger partial charge in [-0.1, -0.05) is 36.4 Å². The Morgan fingerprint density at radius 2 is 2.00 bits per heavy atom. The molecule has 1 aromatic carbocycles. The number of rotatable bonds is 0. The lowest BCUT2D eigenvalue weighted by atomic mass is 9.81. The SMILES string of the molecule is CC1(N)C=Cc2ccccc2C1N. The summed E-state index contributed by atoms with van der Waals surface area (Å²) in [5.74, 6) is 0. The standard InChI is InChI=1S/C11H14N2/c1-11(13)7-6-8-4-2-3-5-9(8)10(11)12/h2-7,10H,12-13H2,1H3. The molecule has 2 rings (SSSR count). The molecule has 4 N–H and O–H groups in total. The highest BCUT2D eigenvalue weighted by Crippen LogP contribution is 2.31. The first kappa shape index (κ1) is 8.48. The molecule has 0 saturated carbocycles. The first-order valence-corrected chi connectivity index (χ1v) is 4.44. The summed E-state index contributed by atoms with van der Waals surface area (Å²) < 4.78 is 0. The number of hydrogen-bond donors (Lipinski definition) is 2. The molecular formula is C11H14N2. The molecule has 0 radical (unpaired) electrons. The molecule has 2 nitrogen and oxygen atoms in total. The lowest BCUT2D eigenvalue weighted by molar-refractivity contribution is 0.467. The second kappa shape index (κ2) is 2.69. The van der Waals surface area contributed by atoms with Crippen LogP contribution in [0.1, 0.15) is 24.1 Å². The fourth-order valence-corrected chi connectivity index (χ4v) is 1.65. The Morgan fingerprint density at radius 1 is 1.31 bits per heavy atom. The largest absolute Gasteiger partial charge is 0.322 e. The molecule has 1 aliphatic rings. The Bertz CT molecular complexity index is 353. The van der Waals surface area contributed by atoms with Crippen molar-refractivity contribution in [3.63, 3.8) is 0 Å². The number of hydrogen-bond acceptors (Lipinski definition) is 2. The summed E-state index contributed by atoms with van der Waals surface area (Å²) in [4.78, 5) is 0. The number of fused-ring (bicyclic) bond motifs is 1. The van der Waals surface area contributed by atoms with Gasteiger partial charge in [-0.05, 0) is 18.1 Å². The molecule has 1 aromatic rings. The summed E-state index contributed by atoms with van der Waals surface area (Å²) in [5, 5.41) is 0. The summed E-state index contributed by atoms with van der Waals surface area (Å²) in [6, 6.07) is 7.99. The third-order valence-electron chi connectivity index (χ3n) is 2.62. The Labute approximate surface area is 78.2 Å². The van der Waals surface area contributed by atoms with E-state index < -0.39 is 5.54 Å². The third-order valence-corrected chi connectivity index (χ3v) is 2.62. The van der Waals surface area contributed by atoms with Crippen molar-refractivity contribution in [1.82, 2.24) is 0 Å². The topological polar surface area (TPSA) is 52.0 Å². The van der Waals surface area contributed by atoms with E-state index in [0.717, 1.165) is 5.56 Å². The predicted octanol–water partition coefficient (Wildman–Crippen LogP) is 1.43. The quantitative estimate of drug-likeness (QED) is 0.625. The predicted molar refractivity (Wildman–Crippen MR) is 55.0 cm³/mol. The van der Waals surface area contributed by atoms with Crippen molar-refractivity contribution >= 4 is 6.08 Å². The molecule has 0 spiro atoms. The fourth-order valence-electron chi connectivity index (χ4n) is 1.65. The first-order chi connectivity index (χ1) is 6.11. The van der Waals surface area contributed by atoms with Crippen molar-refractivity contribution in [3.05, 3.63) is 41.5 Å². The van der Waals surface area contributed by atoms with Gasteiger partial charge in [-0.3, -0.25) is 0 Å². The lowest BCUT2D eigenvalue weighted by Gasteiger charge is -2.33. The van der Waals surface area contributed by atoms with E-state index >= 15 is 0 Å². The van der Waals surface area contributed by atoms with Crippen LogP contribution in [0.3, 0.4) is 0 Å².